The number of nitrogens with zero attached hydrogens (tertiary/aromatic N) is 1. The van der Waals surface area contributed by atoms with Gasteiger partial charge in [0.1, 0.15) is 19.3 Å². The Morgan fingerprint density at radius 1 is 0.804 bits per heavy atom. The maximum Gasteiger partial charge on any atom is 0.407 e. The molecule has 17 nitrogen and oxygen atoms in total. The van der Waals surface area contributed by atoms with E-state index in [0.717, 1.165) is 4.90 Å². The molecule has 1 rings (SSSR count). The van der Waals surface area contributed by atoms with Crippen molar-refractivity contribution >= 4 is 47.6 Å². The third kappa shape index (κ3) is 18.7. The van der Waals surface area contributed by atoms with Gasteiger partial charge in [-0.1, -0.05) is 0 Å². The van der Waals surface area contributed by atoms with E-state index in [9.17, 15) is 28.8 Å². The van der Waals surface area contributed by atoms with Crippen LogP contribution < -0.4 is 21.3 Å². The van der Waals surface area contributed by atoms with Crippen molar-refractivity contribution < 1.29 is 57.2 Å². The Hall–Kier alpha value is -3.19. The van der Waals surface area contributed by atoms with Gasteiger partial charge in [0.05, 0.1) is 44.9 Å². The van der Waals surface area contributed by atoms with Crippen LogP contribution in [-0.2, 0) is 47.6 Å². The summed E-state index contributed by atoms with van der Waals surface area (Å²) >= 11 is 1.30. The van der Waals surface area contributed by atoms with E-state index in [1.165, 1.54) is 11.8 Å². The fraction of sp³-hybridized carbons (Fsp3) is 0.786. The summed E-state index contributed by atoms with van der Waals surface area (Å²) in [6, 6.07) is -0.939. The normalized spacial score (nSPS) is 14.9. The summed E-state index contributed by atoms with van der Waals surface area (Å²) in [5.74, 6) is -1.45. The summed E-state index contributed by atoms with van der Waals surface area (Å²) in [6.07, 6.45) is 1.66. The Morgan fingerprint density at radius 2 is 1.41 bits per heavy atom. The van der Waals surface area contributed by atoms with Crippen molar-refractivity contribution in [1.82, 2.24) is 26.2 Å². The number of carbonyl (C=O) groups excluding carboxylic acids is 6. The highest BCUT2D eigenvalue weighted by atomic mass is 32.2. The number of nitrogens with one attached hydrogen (secondary N) is 4. The molecule has 1 aliphatic heterocycles. The molecule has 0 aromatic rings. The molecular weight excluding hydrogens is 630 g/mol. The van der Waals surface area contributed by atoms with Gasteiger partial charge in [0.15, 0.2) is 0 Å². The molecule has 2 unspecified atom stereocenters. The summed E-state index contributed by atoms with van der Waals surface area (Å²) in [6.45, 7) is 2.54. The Labute approximate surface area is 273 Å². The lowest BCUT2D eigenvalue weighted by atomic mass is 10.1. The van der Waals surface area contributed by atoms with Crippen LogP contribution in [0.15, 0.2) is 0 Å². The van der Waals surface area contributed by atoms with E-state index in [0.29, 0.717) is 45.8 Å². The molecule has 46 heavy (non-hydrogen) atoms. The monoisotopic (exact) mass is 679 g/mol. The molecular formula is C28H49N5O12S. The van der Waals surface area contributed by atoms with E-state index in [-0.39, 0.29) is 83.0 Å². The van der Waals surface area contributed by atoms with Crippen LogP contribution in [0.5, 0.6) is 0 Å². The van der Waals surface area contributed by atoms with Gasteiger partial charge in [-0.05, 0) is 25.5 Å². The van der Waals surface area contributed by atoms with Gasteiger partial charge >= 0.3 is 12.2 Å². The van der Waals surface area contributed by atoms with Crippen LogP contribution in [0.25, 0.3) is 0 Å². The minimum absolute atomic E-state index is 0.00563. The number of hydrogen-bond donors (Lipinski definition) is 4. The van der Waals surface area contributed by atoms with Crippen LogP contribution in [0.4, 0.5) is 9.59 Å². The van der Waals surface area contributed by atoms with Crippen molar-refractivity contribution in [3.05, 3.63) is 0 Å². The number of thioether (sulfide) groups is 1. The van der Waals surface area contributed by atoms with E-state index >= 15 is 0 Å². The zero-order valence-electron chi connectivity index (χ0n) is 26.9. The minimum Gasteiger partial charge on any atom is -0.447 e. The molecule has 264 valence electrons. The second kappa shape index (κ2) is 25.9. The first-order valence-corrected chi connectivity index (χ1v) is 16.4. The number of ether oxygens (including phenoxy) is 6. The first-order chi connectivity index (χ1) is 22.2. The van der Waals surface area contributed by atoms with Gasteiger partial charge in [-0.15, -0.1) is 0 Å². The number of hydrogen-bond acceptors (Lipinski definition) is 13. The number of amides is 6. The lowest BCUT2D eigenvalue weighted by molar-refractivity contribution is -0.138. The molecule has 6 amide bonds. The molecule has 0 aromatic heterocycles. The molecule has 1 aliphatic rings. The summed E-state index contributed by atoms with van der Waals surface area (Å²) in [7, 11) is 3.10. The fourth-order valence-electron chi connectivity index (χ4n) is 3.93. The molecule has 0 bridgehead atoms. The summed E-state index contributed by atoms with van der Waals surface area (Å²) in [4.78, 5) is 74.5. The van der Waals surface area contributed by atoms with Crippen LogP contribution in [0, 0.1) is 0 Å². The van der Waals surface area contributed by atoms with Crippen molar-refractivity contribution in [2.45, 2.75) is 43.4 Å². The molecule has 0 spiro atoms. The predicted octanol–water partition coefficient (Wildman–Crippen LogP) is -0.583. The summed E-state index contributed by atoms with van der Waals surface area (Å²) in [5, 5.41) is 10.0. The number of likely N-dealkylation sites (tertiary alicyclic amines) is 1. The van der Waals surface area contributed by atoms with Crippen LogP contribution in [-0.4, -0.2) is 152 Å². The van der Waals surface area contributed by atoms with Gasteiger partial charge in [0, 0.05) is 53.2 Å². The Morgan fingerprint density at radius 3 is 2.02 bits per heavy atom. The second-order valence-corrected chi connectivity index (χ2v) is 10.8. The topological polar surface area (TPSA) is 209 Å². The Kier molecular flexibility index (Phi) is 23.0. The van der Waals surface area contributed by atoms with Crippen molar-refractivity contribution in [1.29, 1.82) is 0 Å². The van der Waals surface area contributed by atoms with Gasteiger partial charge in [-0.25, -0.2) is 9.59 Å². The standard InChI is InChI=1S/C28H49N5O12S/c1-40-12-14-42-16-18-44-27(38)31-8-5-4-6-21(32-28(39)45-19-17-43-15-13-41-2)25(36)30-10-9-29-23(34)7-11-33-24(35)20-22(46-3)26(33)37/h21-22H,4-20H2,1-3H3,(H,29,34)(H,30,36)(H,31,38)(H,32,39). The molecule has 2 atom stereocenters. The molecule has 4 N–H and O–H groups in total. The highest BCUT2D eigenvalue weighted by Gasteiger charge is 2.37. The first-order valence-electron chi connectivity index (χ1n) is 15.1. The molecule has 1 heterocycles. The Balaban J connectivity index is 2.41. The first kappa shape index (κ1) is 40.8. The van der Waals surface area contributed by atoms with E-state index in [2.05, 4.69) is 21.3 Å². The molecule has 0 aromatic carbocycles. The number of unbranched alkanes of at least 4 members (excludes halogenated alkanes) is 1. The van der Waals surface area contributed by atoms with Crippen molar-refractivity contribution in [3.63, 3.8) is 0 Å². The summed E-state index contributed by atoms with van der Waals surface area (Å²) < 4.78 is 30.3. The van der Waals surface area contributed by atoms with Crippen LogP contribution in [0.3, 0.4) is 0 Å². The number of methoxy groups -OCH3 is 2. The third-order valence-electron chi connectivity index (χ3n) is 6.38. The van der Waals surface area contributed by atoms with Gasteiger partial charge < -0.3 is 49.7 Å². The smallest absolute Gasteiger partial charge is 0.407 e. The molecule has 1 saturated heterocycles. The third-order valence-corrected chi connectivity index (χ3v) is 7.32. The average molecular weight is 680 g/mol. The quantitative estimate of drug-likeness (QED) is 0.0667. The lowest BCUT2D eigenvalue weighted by Gasteiger charge is -2.19. The van der Waals surface area contributed by atoms with Crippen LogP contribution in [0.2, 0.25) is 0 Å². The zero-order valence-corrected chi connectivity index (χ0v) is 27.7. The number of rotatable bonds is 26. The minimum atomic E-state index is -0.939. The van der Waals surface area contributed by atoms with Gasteiger partial charge in [-0.2, -0.15) is 11.8 Å². The fourth-order valence-corrected chi connectivity index (χ4v) is 4.57. The van der Waals surface area contributed by atoms with Crippen molar-refractivity contribution in [3.8, 4) is 0 Å². The van der Waals surface area contributed by atoms with E-state index in [1.54, 1.807) is 20.5 Å². The molecule has 18 heteroatoms. The van der Waals surface area contributed by atoms with E-state index in [4.69, 9.17) is 28.4 Å². The molecule has 1 fully saturated rings. The lowest BCUT2D eigenvalue weighted by Crippen LogP contribution is -2.48. The van der Waals surface area contributed by atoms with E-state index < -0.39 is 29.4 Å². The zero-order chi connectivity index (χ0) is 34.0. The van der Waals surface area contributed by atoms with Crippen molar-refractivity contribution in [2.24, 2.45) is 0 Å². The SMILES string of the molecule is COCCOCCOC(=O)NCCCCC(NC(=O)OCCOCCOC)C(=O)NCCNC(=O)CCN1C(=O)CC(SC)C1=O. The van der Waals surface area contributed by atoms with E-state index in [1.807, 2.05) is 0 Å². The number of carbonyl (C=O) groups is 6. The van der Waals surface area contributed by atoms with Crippen LogP contribution >= 0.6 is 11.8 Å². The van der Waals surface area contributed by atoms with Gasteiger partial charge in [0.25, 0.3) is 0 Å². The molecule has 0 radical (unpaired) electrons. The highest BCUT2D eigenvalue weighted by Crippen LogP contribution is 2.22. The van der Waals surface area contributed by atoms with Crippen molar-refractivity contribution in [2.75, 3.05) is 99.5 Å². The van der Waals surface area contributed by atoms with Gasteiger partial charge in [-0.3, -0.25) is 24.1 Å². The highest BCUT2D eigenvalue weighted by molar-refractivity contribution is 8.00. The molecule has 0 saturated carbocycles. The number of alkyl carbamates (subject to hydrolysis) is 2. The molecule has 0 aliphatic carbocycles. The number of imide groups is 1. The maximum atomic E-state index is 12.9. The van der Waals surface area contributed by atoms with Crippen LogP contribution in [0.1, 0.15) is 32.1 Å². The van der Waals surface area contributed by atoms with Gasteiger partial charge in [0.2, 0.25) is 23.6 Å². The predicted molar refractivity (Wildman–Crippen MR) is 166 cm³/mol. The average Bonchev–Trinajstić information content (AvgIpc) is 3.32. The summed E-state index contributed by atoms with van der Waals surface area (Å²) in [5.41, 5.74) is 0. The Bertz CT molecular complexity index is 945. The largest absolute Gasteiger partial charge is 0.447 e. The second-order valence-electron chi connectivity index (χ2n) is 9.80. The maximum absolute atomic E-state index is 12.9.